The van der Waals surface area contributed by atoms with E-state index in [2.05, 4.69) is 0 Å². The Kier molecular flexibility index (Phi) is 4.29. The van der Waals surface area contributed by atoms with Gasteiger partial charge < -0.3 is 20.0 Å². The maximum atomic E-state index is 12.4. The Morgan fingerprint density at radius 1 is 1.16 bits per heavy atom. The molecule has 19 heavy (non-hydrogen) atoms. The Morgan fingerprint density at radius 3 is 2.32 bits per heavy atom. The number of urea groups is 1. The molecule has 2 N–H and O–H groups in total. The lowest BCUT2D eigenvalue weighted by Crippen LogP contribution is -2.52. The number of carboxylic acid groups (broad SMARTS) is 1. The molecule has 0 bridgehead atoms. The van der Waals surface area contributed by atoms with Crippen molar-refractivity contribution in [3.05, 3.63) is 0 Å². The number of hydrogen-bond donors (Lipinski definition) is 2. The van der Waals surface area contributed by atoms with Crippen LogP contribution >= 0.6 is 0 Å². The maximum absolute atomic E-state index is 12.4. The highest BCUT2D eigenvalue weighted by Gasteiger charge is 2.38. The van der Waals surface area contributed by atoms with Gasteiger partial charge in [0, 0.05) is 13.1 Å². The molecule has 0 saturated heterocycles. The Hall–Kier alpha value is -1.30. The SMILES string of the molecule is CN(C(=O)N(CC(=O)O)C1CC1)C1CCCCC1O. The van der Waals surface area contributed by atoms with Gasteiger partial charge in [-0.05, 0) is 25.7 Å². The summed E-state index contributed by atoms with van der Waals surface area (Å²) in [5, 5.41) is 18.9. The molecule has 2 unspecified atom stereocenters. The average Bonchev–Trinajstić information content (AvgIpc) is 3.19. The minimum Gasteiger partial charge on any atom is -0.480 e. The number of carbonyl (C=O) groups excluding carboxylic acids is 1. The van der Waals surface area contributed by atoms with E-state index in [1.807, 2.05) is 0 Å². The third-order valence-electron chi connectivity index (χ3n) is 4.03. The second kappa shape index (κ2) is 5.77. The topological polar surface area (TPSA) is 81.1 Å². The molecule has 6 nitrogen and oxygen atoms in total. The molecule has 6 heteroatoms. The normalized spacial score (nSPS) is 26.8. The lowest BCUT2D eigenvalue weighted by Gasteiger charge is -2.37. The molecule has 2 fully saturated rings. The zero-order chi connectivity index (χ0) is 14.0. The Bertz CT molecular complexity index is 357. The van der Waals surface area contributed by atoms with Crippen molar-refractivity contribution in [3.8, 4) is 0 Å². The summed E-state index contributed by atoms with van der Waals surface area (Å²) < 4.78 is 0. The molecule has 0 aromatic heterocycles. The largest absolute Gasteiger partial charge is 0.480 e. The van der Waals surface area contributed by atoms with Crippen LogP contribution in [0.25, 0.3) is 0 Å². The van der Waals surface area contributed by atoms with Crippen LogP contribution in [-0.2, 0) is 4.79 Å². The van der Waals surface area contributed by atoms with E-state index in [9.17, 15) is 14.7 Å². The number of amides is 2. The summed E-state index contributed by atoms with van der Waals surface area (Å²) in [6.07, 6.45) is 4.75. The first kappa shape index (κ1) is 14.1. The van der Waals surface area contributed by atoms with Crippen LogP contribution < -0.4 is 0 Å². The summed E-state index contributed by atoms with van der Waals surface area (Å²) in [4.78, 5) is 26.2. The monoisotopic (exact) mass is 270 g/mol. The molecule has 0 aromatic rings. The molecule has 2 rings (SSSR count). The fourth-order valence-corrected chi connectivity index (χ4v) is 2.77. The number of nitrogens with zero attached hydrogens (tertiary/aromatic N) is 2. The number of aliphatic hydroxyl groups is 1. The third-order valence-corrected chi connectivity index (χ3v) is 4.03. The summed E-state index contributed by atoms with van der Waals surface area (Å²) in [7, 11) is 1.67. The first-order valence-electron chi connectivity index (χ1n) is 6.94. The van der Waals surface area contributed by atoms with Gasteiger partial charge in [0.2, 0.25) is 0 Å². The van der Waals surface area contributed by atoms with Crippen molar-refractivity contribution in [2.45, 2.75) is 56.7 Å². The van der Waals surface area contributed by atoms with Crippen molar-refractivity contribution in [3.63, 3.8) is 0 Å². The minimum absolute atomic E-state index is 0.0618. The van der Waals surface area contributed by atoms with Crippen LogP contribution in [0.2, 0.25) is 0 Å². The third kappa shape index (κ3) is 3.37. The van der Waals surface area contributed by atoms with Gasteiger partial charge in [-0.3, -0.25) is 4.79 Å². The molecule has 0 heterocycles. The summed E-state index contributed by atoms with van der Waals surface area (Å²) in [6.45, 7) is -0.253. The number of rotatable bonds is 4. The van der Waals surface area contributed by atoms with E-state index in [-0.39, 0.29) is 24.7 Å². The number of aliphatic carboxylic acids is 1. The first-order valence-corrected chi connectivity index (χ1v) is 6.94. The quantitative estimate of drug-likeness (QED) is 0.795. The van der Waals surface area contributed by atoms with Crippen LogP contribution in [0.15, 0.2) is 0 Å². The zero-order valence-electron chi connectivity index (χ0n) is 11.3. The van der Waals surface area contributed by atoms with Gasteiger partial charge in [-0.2, -0.15) is 0 Å². The van der Waals surface area contributed by atoms with E-state index in [0.717, 1.165) is 32.1 Å². The number of carboxylic acids is 1. The van der Waals surface area contributed by atoms with Gasteiger partial charge in [0.15, 0.2) is 0 Å². The van der Waals surface area contributed by atoms with Crippen LogP contribution in [0.3, 0.4) is 0 Å². The summed E-state index contributed by atoms with van der Waals surface area (Å²) in [5.74, 6) is -0.988. The van der Waals surface area contributed by atoms with Gasteiger partial charge in [0.25, 0.3) is 0 Å². The van der Waals surface area contributed by atoms with E-state index in [4.69, 9.17) is 5.11 Å². The van der Waals surface area contributed by atoms with Gasteiger partial charge in [-0.1, -0.05) is 12.8 Å². The fraction of sp³-hybridized carbons (Fsp3) is 0.846. The molecule has 2 aliphatic carbocycles. The van der Waals surface area contributed by atoms with Gasteiger partial charge in [0.05, 0.1) is 12.1 Å². The highest BCUT2D eigenvalue weighted by atomic mass is 16.4. The van der Waals surface area contributed by atoms with E-state index in [1.54, 1.807) is 7.05 Å². The molecule has 108 valence electrons. The van der Waals surface area contributed by atoms with E-state index < -0.39 is 12.1 Å². The number of aliphatic hydroxyl groups excluding tert-OH is 1. The highest BCUT2D eigenvalue weighted by molar-refractivity contribution is 5.81. The summed E-state index contributed by atoms with van der Waals surface area (Å²) in [5.41, 5.74) is 0. The van der Waals surface area contributed by atoms with Crippen LogP contribution in [-0.4, -0.2) is 63.8 Å². The average molecular weight is 270 g/mol. The van der Waals surface area contributed by atoms with Crippen molar-refractivity contribution in [2.75, 3.05) is 13.6 Å². The summed E-state index contributed by atoms with van der Waals surface area (Å²) in [6, 6.07) is -0.390. The molecule has 0 aliphatic heterocycles. The van der Waals surface area contributed by atoms with E-state index >= 15 is 0 Å². The number of carbonyl (C=O) groups is 2. The summed E-state index contributed by atoms with van der Waals surface area (Å²) >= 11 is 0. The molecule has 0 radical (unpaired) electrons. The zero-order valence-corrected chi connectivity index (χ0v) is 11.3. The lowest BCUT2D eigenvalue weighted by molar-refractivity contribution is -0.137. The van der Waals surface area contributed by atoms with E-state index in [0.29, 0.717) is 6.42 Å². The molecule has 2 atom stereocenters. The maximum Gasteiger partial charge on any atom is 0.323 e. The molecule has 2 saturated carbocycles. The van der Waals surface area contributed by atoms with Gasteiger partial charge >= 0.3 is 12.0 Å². The molecule has 2 aliphatic rings. The molecule has 2 amide bonds. The van der Waals surface area contributed by atoms with Crippen molar-refractivity contribution in [1.82, 2.24) is 9.80 Å². The minimum atomic E-state index is -0.988. The van der Waals surface area contributed by atoms with Gasteiger partial charge in [0.1, 0.15) is 6.54 Å². The Balaban J connectivity index is 2.01. The van der Waals surface area contributed by atoms with Crippen LogP contribution in [0, 0.1) is 0 Å². The standard InChI is InChI=1S/C13H22N2O4/c1-14(10-4-2-3-5-11(10)16)13(19)15(8-12(17)18)9-6-7-9/h9-11,16H,2-8H2,1H3,(H,17,18). The number of hydrogen-bond acceptors (Lipinski definition) is 3. The first-order chi connectivity index (χ1) is 9.00. The molecule has 0 spiro atoms. The lowest BCUT2D eigenvalue weighted by atomic mass is 9.92. The molecule has 0 aromatic carbocycles. The van der Waals surface area contributed by atoms with Crippen molar-refractivity contribution < 1.29 is 19.8 Å². The van der Waals surface area contributed by atoms with Gasteiger partial charge in [-0.25, -0.2) is 4.79 Å². The number of likely N-dealkylation sites (N-methyl/N-ethyl adjacent to an activating group) is 1. The van der Waals surface area contributed by atoms with Crippen molar-refractivity contribution in [1.29, 1.82) is 0 Å². The molecular weight excluding hydrogens is 248 g/mol. The smallest absolute Gasteiger partial charge is 0.323 e. The van der Waals surface area contributed by atoms with Crippen LogP contribution in [0.1, 0.15) is 38.5 Å². The van der Waals surface area contributed by atoms with Crippen LogP contribution in [0.5, 0.6) is 0 Å². The van der Waals surface area contributed by atoms with Crippen molar-refractivity contribution >= 4 is 12.0 Å². The highest BCUT2D eigenvalue weighted by Crippen LogP contribution is 2.29. The van der Waals surface area contributed by atoms with Crippen LogP contribution in [0.4, 0.5) is 4.79 Å². The Labute approximate surface area is 113 Å². The second-order valence-electron chi connectivity index (χ2n) is 5.57. The van der Waals surface area contributed by atoms with Crippen molar-refractivity contribution in [2.24, 2.45) is 0 Å². The second-order valence-corrected chi connectivity index (χ2v) is 5.57. The predicted octanol–water partition coefficient (Wildman–Crippen LogP) is 0.891. The molecular formula is C13H22N2O4. The fourth-order valence-electron chi connectivity index (χ4n) is 2.77. The van der Waals surface area contributed by atoms with Gasteiger partial charge in [-0.15, -0.1) is 0 Å². The predicted molar refractivity (Wildman–Crippen MR) is 68.8 cm³/mol. The van der Waals surface area contributed by atoms with E-state index in [1.165, 1.54) is 9.80 Å². The Morgan fingerprint density at radius 2 is 1.79 bits per heavy atom.